The maximum absolute atomic E-state index is 13.2. The minimum Gasteiger partial charge on any atom is -0.328 e. The van der Waals surface area contributed by atoms with E-state index in [1.54, 1.807) is 12.1 Å². The lowest BCUT2D eigenvalue weighted by molar-refractivity contribution is 0.153. The van der Waals surface area contributed by atoms with E-state index in [2.05, 4.69) is 4.90 Å². The van der Waals surface area contributed by atoms with Crippen molar-refractivity contribution in [3.63, 3.8) is 0 Å². The summed E-state index contributed by atoms with van der Waals surface area (Å²) in [4.78, 5) is 2.52. The molecule has 0 aromatic heterocycles. The lowest BCUT2D eigenvalue weighted by Crippen LogP contribution is -2.41. The first-order valence-corrected chi connectivity index (χ1v) is 6.52. The van der Waals surface area contributed by atoms with Crippen LogP contribution in [-0.4, -0.2) is 24.0 Å². The predicted octanol–water partition coefficient (Wildman–Crippen LogP) is 2.24. The van der Waals surface area contributed by atoms with Gasteiger partial charge in [0.05, 0.1) is 0 Å². The SMILES string of the molecule is NC1CCN([C@H]2CCc3cc(F)ccc32)CC1. The minimum atomic E-state index is -0.106. The quantitative estimate of drug-likeness (QED) is 0.807. The fourth-order valence-electron chi connectivity index (χ4n) is 3.17. The van der Waals surface area contributed by atoms with E-state index in [0.29, 0.717) is 12.1 Å². The maximum atomic E-state index is 13.2. The second-order valence-electron chi connectivity index (χ2n) is 5.27. The van der Waals surface area contributed by atoms with Gasteiger partial charge in [0.1, 0.15) is 5.82 Å². The van der Waals surface area contributed by atoms with Crippen LogP contribution in [0.2, 0.25) is 0 Å². The number of halogens is 1. The predicted molar refractivity (Wildman–Crippen MR) is 66.2 cm³/mol. The van der Waals surface area contributed by atoms with Crippen molar-refractivity contribution in [3.05, 3.63) is 35.1 Å². The van der Waals surface area contributed by atoms with Crippen LogP contribution in [0.3, 0.4) is 0 Å². The van der Waals surface area contributed by atoms with Gasteiger partial charge in [-0.2, -0.15) is 0 Å². The fourth-order valence-corrected chi connectivity index (χ4v) is 3.17. The highest BCUT2D eigenvalue weighted by molar-refractivity contribution is 5.35. The van der Waals surface area contributed by atoms with Crippen molar-refractivity contribution in [1.82, 2.24) is 4.90 Å². The molecule has 0 radical (unpaired) electrons. The van der Waals surface area contributed by atoms with Gasteiger partial charge >= 0.3 is 0 Å². The van der Waals surface area contributed by atoms with E-state index >= 15 is 0 Å². The Hall–Kier alpha value is -0.930. The van der Waals surface area contributed by atoms with Crippen molar-refractivity contribution in [1.29, 1.82) is 0 Å². The van der Waals surface area contributed by atoms with Gasteiger partial charge in [-0.05, 0) is 48.9 Å². The van der Waals surface area contributed by atoms with Gasteiger partial charge in [-0.1, -0.05) is 6.07 Å². The minimum absolute atomic E-state index is 0.106. The molecule has 1 aromatic carbocycles. The van der Waals surface area contributed by atoms with Crippen LogP contribution < -0.4 is 5.73 Å². The Labute approximate surface area is 102 Å². The van der Waals surface area contributed by atoms with Crippen LogP contribution in [-0.2, 0) is 6.42 Å². The third-order valence-electron chi connectivity index (χ3n) is 4.17. The third-order valence-corrected chi connectivity index (χ3v) is 4.17. The first-order chi connectivity index (χ1) is 8.24. The maximum Gasteiger partial charge on any atom is 0.123 e. The fraction of sp³-hybridized carbons (Fsp3) is 0.571. The van der Waals surface area contributed by atoms with E-state index in [4.69, 9.17) is 5.73 Å². The Morgan fingerprint density at radius 2 is 1.94 bits per heavy atom. The average molecular weight is 234 g/mol. The van der Waals surface area contributed by atoms with Crippen LogP contribution in [0.25, 0.3) is 0 Å². The molecule has 2 N–H and O–H groups in total. The van der Waals surface area contributed by atoms with E-state index in [9.17, 15) is 4.39 Å². The molecule has 17 heavy (non-hydrogen) atoms. The van der Waals surface area contributed by atoms with Gasteiger partial charge in [0.2, 0.25) is 0 Å². The molecule has 0 amide bonds. The molecule has 0 saturated carbocycles. The second-order valence-corrected chi connectivity index (χ2v) is 5.27. The summed E-state index contributed by atoms with van der Waals surface area (Å²) in [5.74, 6) is -0.106. The molecule has 2 nitrogen and oxygen atoms in total. The van der Waals surface area contributed by atoms with Gasteiger partial charge < -0.3 is 5.73 Å². The molecular formula is C14H19FN2. The second kappa shape index (κ2) is 4.39. The summed E-state index contributed by atoms with van der Waals surface area (Å²) in [7, 11) is 0. The largest absolute Gasteiger partial charge is 0.328 e. The molecule has 1 atom stereocenters. The summed E-state index contributed by atoms with van der Waals surface area (Å²) in [6, 6.07) is 6.13. The molecule has 1 saturated heterocycles. The standard InChI is InChI=1S/C14H19FN2/c15-11-2-3-13-10(9-11)1-4-14(13)17-7-5-12(16)6-8-17/h2-3,9,12,14H,1,4-8,16H2/t14-/m0/s1. The summed E-state index contributed by atoms with van der Waals surface area (Å²) in [6.07, 6.45) is 4.33. The summed E-state index contributed by atoms with van der Waals surface area (Å²) in [6.45, 7) is 2.17. The smallest absolute Gasteiger partial charge is 0.123 e. The number of piperidine rings is 1. The lowest BCUT2D eigenvalue weighted by atomic mass is 10.0. The highest BCUT2D eigenvalue weighted by Gasteiger charge is 2.30. The highest BCUT2D eigenvalue weighted by Crippen LogP contribution is 2.37. The van der Waals surface area contributed by atoms with E-state index in [1.807, 2.05) is 6.07 Å². The van der Waals surface area contributed by atoms with E-state index in [1.165, 1.54) is 11.1 Å². The molecule has 1 fully saturated rings. The van der Waals surface area contributed by atoms with Crippen LogP contribution in [0.4, 0.5) is 4.39 Å². The Kier molecular flexibility index (Phi) is 2.89. The van der Waals surface area contributed by atoms with Crippen LogP contribution in [0, 0.1) is 5.82 Å². The van der Waals surface area contributed by atoms with E-state index in [-0.39, 0.29) is 5.82 Å². The molecular weight excluding hydrogens is 215 g/mol. The summed E-state index contributed by atoms with van der Waals surface area (Å²) in [5, 5.41) is 0. The summed E-state index contributed by atoms with van der Waals surface area (Å²) < 4.78 is 13.2. The van der Waals surface area contributed by atoms with Crippen molar-refractivity contribution in [2.24, 2.45) is 5.73 Å². The normalized spacial score (nSPS) is 26.1. The first kappa shape index (κ1) is 11.2. The number of aryl methyl sites for hydroxylation is 1. The Morgan fingerprint density at radius 3 is 2.71 bits per heavy atom. The highest BCUT2D eigenvalue weighted by atomic mass is 19.1. The number of hydrogen-bond donors (Lipinski definition) is 1. The summed E-state index contributed by atoms with van der Waals surface area (Å²) in [5.41, 5.74) is 8.47. The first-order valence-electron chi connectivity index (χ1n) is 6.52. The van der Waals surface area contributed by atoms with Crippen molar-refractivity contribution >= 4 is 0 Å². The van der Waals surface area contributed by atoms with Crippen LogP contribution in [0.5, 0.6) is 0 Å². The number of likely N-dealkylation sites (tertiary alicyclic amines) is 1. The van der Waals surface area contributed by atoms with Gasteiger partial charge in [0.25, 0.3) is 0 Å². The Bertz CT molecular complexity index is 411. The van der Waals surface area contributed by atoms with Crippen LogP contribution in [0.1, 0.15) is 36.4 Å². The number of rotatable bonds is 1. The lowest BCUT2D eigenvalue weighted by Gasteiger charge is -2.35. The van der Waals surface area contributed by atoms with Gasteiger partial charge in [0.15, 0.2) is 0 Å². The molecule has 92 valence electrons. The van der Waals surface area contributed by atoms with Crippen molar-refractivity contribution < 1.29 is 4.39 Å². The van der Waals surface area contributed by atoms with E-state index < -0.39 is 0 Å². The monoisotopic (exact) mass is 234 g/mol. The molecule has 1 aliphatic heterocycles. The molecule has 0 unspecified atom stereocenters. The number of benzene rings is 1. The number of hydrogen-bond acceptors (Lipinski definition) is 2. The Morgan fingerprint density at radius 1 is 1.18 bits per heavy atom. The zero-order valence-electron chi connectivity index (χ0n) is 10.0. The molecule has 1 aliphatic carbocycles. The van der Waals surface area contributed by atoms with Gasteiger partial charge in [-0.25, -0.2) is 4.39 Å². The van der Waals surface area contributed by atoms with Gasteiger partial charge in [0, 0.05) is 25.2 Å². The number of fused-ring (bicyclic) bond motifs is 1. The number of nitrogens with zero attached hydrogens (tertiary/aromatic N) is 1. The van der Waals surface area contributed by atoms with Crippen LogP contribution >= 0.6 is 0 Å². The topological polar surface area (TPSA) is 29.3 Å². The Balaban J connectivity index is 1.79. The molecule has 2 aliphatic rings. The number of nitrogens with two attached hydrogens (primary N) is 1. The average Bonchev–Trinajstić information content (AvgIpc) is 2.73. The van der Waals surface area contributed by atoms with Crippen LogP contribution in [0.15, 0.2) is 18.2 Å². The van der Waals surface area contributed by atoms with Crippen molar-refractivity contribution in [2.45, 2.75) is 37.8 Å². The van der Waals surface area contributed by atoms with Gasteiger partial charge in [-0.3, -0.25) is 4.90 Å². The van der Waals surface area contributed by atoms with Crippen molar-refractivity contribution in [2.75, 3.05) is 13.1 Å². The molecule has 0 spiro atoms. The molecule has 1 heterocycles. The van der Waals surface area contributed by atoms with E-state index in [0.717, 1.165) is 38.8 Å². The molecule has 0 bridgehead atoms. The molecule has 3 rings (SSSR count). The third kappa shape index (κ3) is 2.09. The zero-order chi connectivity index (χ0) is 11.8. The summed E-state index contributed by atoms with van der Waals surface area (Å²) >= 11 is 0. The molecule has 3 heteroatoms. The zero-order valence-corrected chi connectivity index (χ0v) is 10.0. The molecule has 1 aromatic rings. The van der Waals surface area contributed by atoms with Crippen molar-refractivity contribution in [3.8, 4) is 0 Å². The van der Waals surface area contributed by atoms with Gasteiger partial charge in [-0.15, -0.1) is 0 Å².